The van der Waals surface area contributed by atoms with Crippen molar-refractivity contribution < 1.29 is 43.5 Å². The average Bonchev–Trinajstić information content (AvgIpc) is 3.52. The highest BCUT2D eigenvalue weighted by molar-refractivity contribution is 5.97. The maximum Gasteiger partial charge on any atom is 0.248 e. The summed E-state index contributed by atoms with van der Waals surface area (Å²) in [7, 11) is 0. The van der Waals surface area contributed by atoms with Crippen LogP contribution in [-0.4, -0.2) is 120 Å². The van der Waals surface area contributed by atoms with E-state index in [1.165, 1.54) is 18.7 Å². The number of nitrogens with one attached hydrogen (secondary N) is 6. The molecule has 0 spiro atoms. The molecular weight excluding hydrogens is 642 g/mol. The highest BCUT2D eigenvalue weighted by Crippen LogP contribution is 2.20. The van der Waals surface area contributed by atoms with Gasteiger partial charge in [-0.15, -0.1) is 0 Å². The molecule has 0 aromatic carbocycles. The number of carbonyl (C=O) groups excluding carboxylic acids is 8. The number of likely N-dealkylation sites (tertiary alicyclic amines) is 1. The van der Waals surface area contributed by atoms with E-state index in [2.05, 4.69) is 31.9 Å². The Balaban J connectivity index is 3.01. The van der Waals surface area contributed by atoms with Crippen molar-refractivity contribution >= 4 is 47.3 Å². The maximum absolute atomic E-state index is 13.5. The molecule has 6 atom stereocenters. The molecule has 1 saturated heterocycles. The second-order valence-corrected chi connectivity index (χ2v) is 12.8. The van der Waals surface area contributed by atoms with E-state index in [9.17, 15) is 43.5 Å². The summed E-state index contributed by atoms with van der Waals surface area (Å²) >= 11 is 0. The van der Waals surface area contributed by atoms with Crippen molar-refractivity contribution in [2.75, 3.05) is 26.2 Å². The van der Waals surface area contributed by atoms with E-state index in [0.717, 1.165) is 0 Å². The van der Waals surface area contributed by atoms with Gasteiger partial charge < -0.3 is 53.4 Å². The Kier molecular flexibility index (Phi) is 18.2. The minimum atomic E-state index is -1.39. The first-order valence-corrected chi connectivity index (χ1v) is 16.6. The molecule has 0 aromatic rings. The number of nitrogens with two attached hydrogens (primary N) is 2. The Morgan fingerprint density at radius 2 is 1.37 bits per heavy atom. The SMILES string of the molecule is CC(=O)N[C@@H](CCCCN)C(=O)N[C@@H](CO)C(=O)N1CCC[C@H]1C(=O)N[C@H](C(=O)N[C@H](C(=O)N[C@@H](C)C(=O)NCC(N)=O)C(C)C)C(C)C. The maximum atomic E-state index is 13.5. The summed E-state index contributed by atoms with van der Waals surface area (Å²) in [5.41, 5.74) is 10.6. The molecule has 49 heavy (non-hydrogen) atoms. The van der Waals surface area contributed by atoms with Gasteiger partial charge >= 0.3 is 0 Å². The summed E-state index contributed by atoms with van der Waals surface area (Å²) in [4.78, 5) is 103. The summed E-state index contributed by atoms with van der Waals surface area (Å²) in [6, 6.07) is -6.60. The Morgan fingerprint density at radius 3 is 1.90 bits per heavy atom. The number of aliphatic hydroxyl groups excluding tert-OH is 1. The number of nitrogens with zero attached hydrogens (tertiary/aromatic N) is 1. The van der Waals surface area contributed by atoms with Crippen LogP contribution >= 0.6 is 0 Å². The first-order chi connectivity index (χ1) is 22.9. The lowest BCUT2D eigenvalue weighted by atomic mass is 9.99. The van der Waals surface area contributed by atoms with Crippen LogP contribution in [0.1, 0.15) is 73.6 Å². The van der Waals surface area contributed by atoms with E-state index in [-0.39, 0.29) is 19.4 Å². The predicted molar refractivity (Wildman–Crippen MR) is 178 cm³/mol. The van der Waals surface area contributed by atoms with Gasteiger partial charge in [0.1, 0.15) is 36.3 Å². The predicted octanol–water partition coefficient (Wildman–Crippen LogP) is -3.52. The fourth-order valence-corrected chi connectivity index (χ4v) is 5.23. The molecule has 11 N–H and O–H groups in total. The van der Waals surface area contributed by atoms with Crippen molar-refractivity contribution in [3.63, 3.8) is 0 Å². The molecule has 0 saturated carbocycles. The molecule has 278 valence electrons. The van der Waals surface area contributed by atoms with Crippen molar-refractivity contribution in [3.05, 3.63) is 0 Å². The second-order valence-electron chi connectivity index (χ2n) is 12.8. The topological polar surface area (TPSA) is 284 Å². The van der Waals surface area contributed by atoms with Crippen LogP contribution in [0, 0.1) is 11.8 Å². The third-order valence-electron chi connectivity index (χ3n) is 7.96. The van der Waals surface area contributed by atoms with E-state index >= 15 is 0 Å². The number of primary amides is 1. The average molecular weight is 698 g/mol. The Hall–Kier alpha value is -4.32. The molecule has 1 aliphatic rings. The number of hydrogen-bond donors (Lipinski definition) is 9. The lowest BCUT2D eigenvalue weighted by Crippen LogP contribution is -2.61. The number of rotatable bonds is 20. The van der Waals surface area contributed by atoms with Crippen molar-refractivity contribution in [3.8, 4) is 0 Å². The van der Waals surface area contributed by atoms with Crippen LogP contribution in [0.4, 0.5) is 0 Å². The molecule has 0 bridgehead atoms. The highest BCUT2D eigenvalue weighted by atomic mass is 16.3. The van der Waals surface area contributed by atoms with E-state index in [4.69, 9.17) is 11.5 Å². The van der Waals surface area contributed by atoms with Gasteiger partial charge in [-0.3, -0.25) is 38.4 Å². The van der Waals surface area contributed by atoms with Crippen LogP contribution in [0.25, 0.3) is 0 Å². The number of carbonyl (C=O) groups is 8. The van der Waals surface area contributed by atoms with Crippen LogP contribution < -0.4 is 43.4 Å². The lowest BCUT2D eigenvalue weighted by molar-refractivity contribution is -0.143. The van der Waals surface area contributed by atoms with E-state index < -0.39 is 108 Å². The van der Waals surface area contributed by atoms with Gasteiger partial charge in [-0.05, 0) is 57.4 Å². The summed E-state index contributed by atoms with van der Waals surface area (Å²) in [5, 5.41) is 25.1. The van der Waals surface area contributed by atoms with Crippen molar-refractivity contribution in [1.29, 1.82) is 0 Å². The third-order valence-corrected chi connectivity index (χ3v) is 7.96. The third kappa shape index (κ3) is 14.0. The Bertz CT molecular complexity index is 1200. The molecule has 1 aliphatic heterocycles. The van der Waals surface area contributed by atoms with E-state index in [0.29, 0.717) is 25.8 Å². The van der Waals surface area contributed by atoms with E-state index in [1.807, 2.05) is 0 Å². The molecule has 8 amide bonds. The van der Waals surface area contributed by atoms with Crippen molar-refractivity contribution in [2.24, 2.45) is 23.3 Å². The number of hydrogen-bond acceptors (Lipinski definition) is 10. The van der Waals surface area contributed by atoms with Crippen LogP contribution in [0.5, 0.6) is 0 Å². The smallest absolute Gasteiger partial charge is 0.248 e. The van der Waals surface area contributed by atoms with E-state index in [1.54, 1.807) is 27.7 Å². The Labute approximate surface area is 287 Å². The number of amides is 8. The van der Waals surface area contributed by atoms with Gasteiger partial charge in [0.05, 0.1) is 13.2 Å². The van der Waals surface area contributed by atoms with Crippen LogP contribution in [0.3, 0.4) is 0 Å². The largest absolute Gasteiger partial charge is 0.394 e. The lowest BCUT2D eigenvalue weighted by Gasteiger charge is -2.31. The molecule has 1 fully saturated rings. The molecular formula is C31H55N9O9. The van der Waals surface area contributed by atoms with Gasteiger partial charge in [-0.25, -0.2) is 0 Å². The van der Waals surface area contributed by atoms with Gasteiger partial charge in [-0.1, -0.05) is 27.7 Å². The van der Waals surface area contributed by atoms with Gasteiger partial charge in [-0.2, -0.15) is 0 Å². The van der Waals surface area contributed by atoms with Gasteiger partial charge in [0, 0.05) is 13.5 Å². The first kappa shape index (κ1) is 42.7. The fourth-order valence-electron chi connectivity index (χ4n) is 5.23. The van der Waals surface area contributed by atoms with Crippen LogP contribution in [-0.2, 0) is 38.4 Å². The van der Waals surface area contributed by atoms with Crippen molar-refractivity contribution in [2.45, 2.75) is 110 Å². The quantitative estimate of drug-likeness (QED) is 0.0565. The number of aliphatic hydroxyl groups is 1. The van der Waals surface area contributed by atoms with Crippen LogP contribution in [0.2, 0.25) is 0 Å². The minimum Gasteiger partial charge on any atom is -0.394 e. The zero-order chi connectivity index (χ0) is 37.4. The first-order valence-electron chi connectivity index (χ1n) is 16.6. The normalized spacial score (nSPS) is 17.3. The highest BCUT2D eigenvalue weighted by Gasteiger charge is 2.40. The summed E-state index contributed by atoms with van der Waals surface area (Å²) in [6.07, 6.45) is 2.14. The molecule has 1 rings (SSSR count). The zero-order valence-corrected chi connectivity index (χ0v) is 29.3. The fraction of sp³-hybridized carbons (Fsp3) is 0.742. The molecule has 1 heterocycles. The summed E-state index contributed by atoms with van der Waals surface area (Å²) in [5.74, 6) is -6.05. The molecule has 18 nitrogen and oxygen atoms in total. The second kappa shape index (κ2) is 20.9. The standard InChI is InChI=1S/C31H55N9O9/c1-16(2)24(29(47)35-18(5)26(44)34-14-23(33)43)39-30(48)25(17(3)4)38-28(46)22-11-9-13-40(22)31(49)21(15-41)37-27(45)20(36-19(6)42)10-7-8-12-32/h16-18,20-22,24-25,41H,7-15,32H2,1-6H3,(H2,33,43)(H,34,44)(H,35,47)(H,36,42)(H,37,45)(H,38,46)(H,39,48)/t18-,20-,21-,22-,24-,25-/m0/s1. The van der Waals surface area contributed by atoms with Gasteiger partial charge in [0.15, 0.2) is 0 Å². The molecule has 18 heteroatoms. The molecule has 0 radical (unpaired) electrons. The van der Waals surface area contributed by atoms with Gasteiger partial charge in [0.25, 0.3) is 0 Å². The summed E-state index contributed by atoms with van der Waals surface area (Å²) < 4.78 is 0. The zero-order valence-electron chi connectivity index (χ0n) is 29.3. The molecule has 0 aliphatic carbocycles. The molecule has 0 aromatic heterocycles. The summed E-state index contributed by atoms with van der Waals surface area (Å²) in [6.45, 7) is 8.79. The van der Waals surface area contributed by atoms with Gasteiger partial charge in [0.2, 0.25) is 47.3 Å². The van der Waals surface area contributed by atoms with Crippen LogP contribution in [0.15, 0.2) is 0 Å². The number of unbranched alkanes of at least 4 members (excludes halogenated alkanes) is 1. The monoisotopic (exact) mass is 697 g/mol. The molecule has 0 unspecified atom stereocenters. The van der Waals surface area contributed by atoms with Crippen molar-refractivity contribution in [1.82, 2.24) is 36.8 Å². The minimum absolute atomic E-state index is 0.161. The Morgan fingerprint density at radius 1 is 0.776 bits per heavy atom.